The number of carbonyl (C=O) groups is 1. The van der Waals surface area contributed by atoms with E-state index in [9.17, 15) is 9.18 Å². The van der Waals surface area contributed by atoms with E-state index in [-0.39, 0.29) is 30.2 Å². The van der Waals surface area contributed by atoms with E-state index in [1.54, 1.807) is 27.9 Å². The number of aryl methyl sites for hydroxylation is 1. The summed E-state index contributed by atoms with van der Waals surface area (Å²) in [5.41, 5.74) is 3.88. The number of rotatable bonds is 4. The monoisotopic (exact) mass is 414 g/mol. The van der Waals surface area contributed by atoms with Gasteiger partial charge in [-0.1, -0.05) is 23.8 Å². The molecule has 4 rings (SSSR count). The van der Waals surface area contributed by atoms with Crippen molar-refractivity contribution >= 4 is 18.3 Å². The molecule has 1 aliphatic rings. The number of benzene rings is 2. The fourth-order valence-corrected chi connectivity index (χ4v) is 3.59. The lowest BCUT2D eigenvalue weighted by Crippen LogP contribution is -2.38. The molecule has 3 aromatic rings. The molecule has 7 heteroatoms. The van der Waals surface area contributed by atoms with Crippen LogP contribution in [-0.2, 0) is 0 Å². The van der Waals surface area contributed by atoms with Crippen molar-refractivity contribution in [2.75, 3.05) is 20.1 Å². The van der Waals surface area contributed by atoms with Gasteiger partial charge in [-0.2, -0.15) is 5.10 Å². The number of hydrogen-bond donors (Lipinski definition) is 1. The number of hydrogen-bond acceptors (Lipinski definition) is 3. The highest BCUT2D eigenvalue weighted by molar-refractivity contribution is 6.00. The maximum Gasteiger partial charge on any atom is 0.257 e. The standard InChI is InChI=1S/C22H23FN4O.ClH/c1-15-4-3-5-16(12-15)21-20(22(28)26(2)19-10-11-24-13-19)14-27(25-21)18-8-6-17(23)7-9-18;/h3-9,12,14,19,24H,10-11,13H2,1-2H3;1H. The Hall–Kier alpha value is -2.70. The zero-order valence-corrected chi connectivity index (χ0v) is 17.2. The molecular formula is C22H24ClFN4O. The molecule has 1 saturated heterocycles. The second-order valence-electron chi connectivity index (χ2n) is 7.24. The van der Waals surface area contributed by atoms with Gasteiger partial charge in [-0.05, 0) is 50.2 Å². The molecule has 1 aromatic heterocycles. The summed E-state index contributed by atoms with van der Waals surface area (Å²) >= 11 is 0. The van der Waals surface area contributed by atoms with Crippen LogP contribution >= 0.6 is 12.4 Å². The maximum absolute atomic E-state index is 13.3. The summed E-state index contributed by atoms with van der Waals surface area (Å²) in [5, 5.41) is 7.98. The number of halogens is 2. The van der Waals surface area contributed by atoms with Gasteiger partial charge >= 0.3 is 0 Å². The molecule has 0 saturated carbocycles. The van der Waals surface area contributed by atoms with Gasteiger partial charge in [-0.15, -0.1) is 12.4 Å². The van der Waals surface area contributed by atoms with Gasteiger partial charge in [0.2, 0.25) is 0 Å². The van der Waals surface area contributed by atoms with Crippen LogP contribution in [0.2, 0.25) is 0 Å². The van der Waals surface area contributed by atoms with Gasteiger partial charge in [0.15, 0.2) is 0 Å². The smallest absolute Gasteiger partial charge is 0.257 e. The van der Waals surface area contributed by atoms with Crippen LogP contribution in [0.25, 0.3) is 16.9 Å². The molecule has 1 fully saturated rings. The normalized spacial score (nSPS) is 15.8. The average molecular weight is 415 g/mol. The molecule has 0 aliphatic carbocycles. The van der Waals surface area contributed by atoms with Crippen LogP contribution in [0.3, 0.4) is 0 Å². The van der Waals surface area contributed by atoms with Crippen LogP contribution in [-0.4, -0.2) is 46.8 Å². The summed E-state index contributed by atoms with van der Waals surface area (Å²) in [4.78, 5) is 15.1. The van der Waals surface area contributed by atoms with Crippen molar-refractivity contribution in [3.8, 4) is 16.9 Å². The van der Waals surface area contributed by atoms with Crippen LogP contribution in [0.5, 0.6) is 0 Å². The van der Waals surface area contributed by atoms with E-state index in [0.717, 1.165) is 30.6 Å². The van der Waals surface area contributed by atoms with Crippen molar-refractivity contribution in [3.63, 3.8) is 0 Å². The van der Waals surface area contributed by atoms with Crippen molar-refractivity contribution in [1.29, 1.82) is 0 Å². The zero-order chi connectivity index (χ0) is 19.7. The Kier molecular flexibility index (Phi) is 6.35. The van der Waals surface area contributed by atoms with Crippen molar-refractivity contribution < 1.29 is 9.18 Å². The van der Waals surface area contributed by atoms with E-state index in [0.29, 0.717) is 16.9 Å². The van der Waals surface area contributed by atoms with E-state index in [1.165, 1.54) is 12.1 Å². The Morgan fingerprint density at radius 1 is 1.24 bits per heavy atom. The molecule has 2 heterocycles. The topological polar surface area (TPSA) is 50.2 Å². The quantitative estimate of drug-likeness (QED) is 0.705. The molecule has 1 atom stereocenters. The number of carbonyl (C=O) groups excluding carboxylic acids is 1. The highest BCUT2D eigenvalue weighted by Gasteiger charge is 2.27. The molecule has 0 bridgehead atoms. The van der Waals surface area contributed by atoms with E-state index in [2.05, 4.69) is 10.4 Å². The lowest BCUT2D eigenvalue weighted by atomic mass is 10.0. The Morgan fingerprint density at radius 3 is 2.66 bits per heavy atom. The minimum atomic E-state index is -0.306. The van der Waals surface area contributed by atoms with Crippen LogP contribution in [0.1, 0.15) is 22.3 Å². The molecule has 152 valence electrons. The van der Waals surface area contributed by atoms with E-state index >= 15 is 0 Å². The second kappa shape index (κ2) is 8.76. The second-order valence-corrected chi connectivity index (χ2v) is 7.24. The first kappa shape index (κ1) is 21.0. The predicted octanol–water partition coefficient (Wildman–Crippen LogP) is 3.84. The van der Waals surface area contributed by atoms with E-state index in [4.69, 9.17) is 0 Å². The summed E-state index contributed by atoms with van der Waals surface area (Å²) in [6, 6.07) is 14.2. The van der Waals surface area contributed by atoms with Crippen molar-refractivity contribution in [2.45, 2.75) is 19.4 Å². The molecule has 1 aliphatic heterocycles. The SMILES string of the molecule is Cc1cccc(-c2nn(-c3ccc(F)cc3)cc2C(=O)N(C)C2CCNC2)c1.Cl. The van der Waals surface area contributed by atoms with Gasteiger partial charge in [0.05, 0.1) is 11.3 Å². The van der Waals surface area contributed by atoms with Gasteiger partial charge in [-0.3, -0.25) is 4.79 Å². The molecule has 1 unspecified atom stereocenters. The van der Waals surface area contributed by atoms with Gasteiger partial charge in [-0.25, -0.2) is 9.07 Å². The van der Waals surface area contributed by atoms with Gasteiger partial charge in [0.25, 0.3) is 5.91 Å². The minimum absolute atomic E-state index is 0. The fraction of sp³-hybridized carbons (Fsp3) is 0.273. The lowest BCUT2D eigenvalue weighted by Gasteiger charge is -2.23. The van der Waals surface area contributed by atoms with Crippen LogP contribution < -0.4 is 5.32 Å². The van der Waals surface area contributed by atoms with Gasteiger partial charge in [0.1, 0.15) is 11.5 Å². The number of nitrogens with one attached hydrogen (secondary N) is 1. The molecule has 1 amide bonds. The maximum atomic E-state index is 13.3. The number of nitrogens with zero attached hydrogens (tertiary/aromatic N) is 3. The molecular weight excluding hydrogens is 391 g/mol. The fourth-order valence-electron chi connectivity index (χ4n) is 3.59. The summed E-state index contributed by atoms with van der Waals surface area (Å²) in [6.07, 6.45) is 2.68. The van der Waals surface area contributed by atoms with Gasteiger partial charge < -0.3 is 10.2 Å². The Morgan fingerprint density at radius 2 is 2.00 bits per heavy atom. The Bertz CT molecular complexity index is 996. The van der Waals surface area contributed by atoms with Gasteiger partial charge in [0, 0.05) is 31.4 Å². The highest BCUT2D eigenvalue weighted by Crippen LogP contribution is 2.26. The zero-order valence-electron chi connectivity index (χ0n) is 16.4. The highest BCUT2D eigenvalue weighted by atomic mass is 35.5. The summed E-state index contributed by atoms with van der Waals surface area (Å²) < 4.78 is 15.0. The third-order valence-electron chi connectivity index (χ3n) is 5.23. The van der Waals surface area contributed by atoms with E-state index in [1.807, 2.05) is 38.2 Å². The van der Waals surface area contributed by atoms with Crippen molar-refractivity contribution in [3.05, 3.63) is 71.7 Å². The Labute approximate surface area is 175 Å². The largest absolute Gasteiger partial charge is 0.337 e. The van der Waals surface area contributed by atoms with E-state index < -0.39 is 0 Å². The van der Waals surface area contributed by atoms with Crippen LogP contribution in [0, 0.1) is 12.7 Å². The lowest BCUT2D eigenvalue weighted by molar-refractivity contribution is 0.0744. The molecule has 5 nitrogen and oxygen atoms in total. The number of aromatic nitrogens is 2. The summed E-state index contributed by atoms with van der Waals surface area (Å²) in [7, 11) is 1.84. The first-order valence-corrected chi connectivity index (χ1v) is 9.43. The first-order chi connectivity index (χ1) is 13.5. The molecule has 0 spiro atoms. The molecule has 29 heavy (non-hydrogen) atoms. The molecule has 0 radical (unpaired) electrons. The summed E-state index contributed by atoms with van der Waals surface area (Å²) in [6.45, 7) is 3.73. The molecule has 1 N–H and O–H groups in total. The third kappa shape index (κ3) is 4.33. The first-order valence-electron chi connectivity index (χ1n) is 9.43. The van der Waals surface area contributed by atoms with Crippen LogP contribution in [0.15, 0.2) is 54.7 Å². The van der Waals surface area contributed by atoms with Crippen molar-refractivity contribution in [2.24, 2.45) is 0 Å². The molecule has 2 aromatic carbocycles. The minimum Gasteiger partial charge on any atom is -0.337 e. The summed E-state index contributed by atoms with van der Waals surface area (Å²) in [5.74, 6) is -0.363. The van der Waals surface area contributed by atoms with Crippen molar-refractivity contribution in [1.82, 2.24) is 20.0 Å². The third-order valence-corrected chi connectivity index (χ3v) is 5.23. The average Bonchev–Trinajstić information content (AvgIpc) is 3.38. The number of amides is 1. The van der Waals surface area contributed by atoms with Crippen LogP contribution in [0.4, 0.5) is 4.39 Å². The Balaban J connectivity index is 0.00000240. The predicted molar refractivity (Wildman–Crippen MR) is 114 cm³/mol. The number of likely N-dealkylation sites (N-methyl/N-ethyl adjacent to an activating group) is 1.